The number of nitrogens with zero attached hydrogens (tertiary/aromatic N) is 1. The molecule has 2 rings (SSSR count). The number of aliphatic hydroxyl groups is 2. The predicted molar refractivity (Wildman–Crippen MR) is 91.6 cm³/mol. The van der Waals surface area contributed by atoms with Gasteiger partial charge < -0.3 is 20.3 Å². The molecule has 1 saturated heterocycles. The SMILES string of the molecule is CC(C)(C)OC(=O)NC1CC(O)N(CCc2cccc(C(F)(F)F)c2)C1O. The summed E-state index contributed by atoms with van der Waals surface area (Å²) in [5.41, 5.74) is -1.00. The van der Waals surface area contributed by atoms with Crippen molar-refractivity contribution >= 4 is 6.09 Å². The molecule has 1 fully saturated rings. The number of rotatable bonds is 4. The molecule has 9 heteroatoms. The van der Waals surface area contributed by atoms with Crippen LogP contribution in [0.5, 0.6) is 0 Å². The molecule has 3 N–H and O–H groups in total. The van der Waals surface area contributed by atoms with Gasteiger partial charge in [0.1, 0.15) is 18.1 Å². The highest BCUT2D eigenvalue weighted by Crippen LogP contribution is 2.30. The van der Waals surface area contributed by atoms with E-state index in [1.807, 2.05) is 0 Å². The van der Waals surface area contributed by atoms with Gasteiger partial charge in [-0.2, -0.15) is 13.2 Å². The van der Waals surface area contributed by atoms with Gasteiger partial charge in [0.25, 0.3) is 0 Å². The van der Waals surface area contributed by atoms with Crippen LogP contribution in [0.15, 0.2) is 24.3 Å². The molecule has 27 heavy (non-hydrogen) atoms. The number of nitrogens with one attached hydrogen (secondary N) is 1. The van der Waals surface area contributed by atoms with E-state index in [1.54, 1.807) is 26.8 Å². The smallest absolute Gasteiger partial charge is 0.416 e. The molecule has 0 radical (unpaired) electrons. The second-order valence-electron chi connectivity index (χ2n) is 7.57. The van der Waals surface area contributed by atoms with E-state index in [1.165, 1.54) is 11.0 Å². The molecule has 1 aromatic rings. The summed E-state index contributed by atoms with van der Waals surface area (Å²) in [6.07, 6.45) is -7.03. The molecule has 152 valence electrons. The Morgan fingerprint density at radius 1 is 1.30 bits per heavy atom. The second kappa shape index (κ2) is 8.04. The van der Waals surface area contributed by atoms with Gasteiger partial charge >= 0.3 is 12.3 Å². The molecule has 0 aliphatic carbocycles. The fourth-order valence-electron chi connectivity index (χ4n) is 2.93. The minimum Gasteiger partial charge on any atom is -0.444 e. The van der Waals surface area contributed by atoms with E-state index in [0.717, 1.165) is 12.1 Å². The van der Waals surface area contributed by atoms with Crippen LogP contribution in [0.2, 0.25) is 0 Å². The number of ether oxygens (including phenoxy) is 1. The first-order valence-electron chi connectivity index (χ1n) is 8.64. The number of benzene rings is 1. The maximum atomic E-state index is 12.8. The lowest BCUT2D eigenvalue weighted by Gasteiger charge is -2.26. The molecule has 3 atom stereocenters. The summed E-state index contributed by atoms with van der Waals surface area (Å²) in [6.45, 7) is 5.24. The van der Waals surface area contributed by atoms with Crippen LogP contribution in [0.25, 0.3) is 0 Å². The number of alkyl halides is 3. The normalized spacial score (nSPS) is 24.1. The third kappa shape index (κ3) is 6.08. The van der Waals surface area contributed by atoms with Crippen molar-refractivity contribution < 1.29 is 32.9 Å². The largest absolute Gasteiger partial charge is 0.444 e. The lowest BCUT2D eigenvalue weighted by Crippen LogP contribution is -2.47. The van der Waals surface area contributed by atoms with E-state index >= 15 is 0 Å². The fourth-order valence-corrected chi connectivity index (χ4v) is 2.93. The molecular weight excluding hydrogens is 365 g/mol. The summed E-state index contributed by atoms with van der Waals surface area (Å²) in [6, 6.07) is 4.17. The highest BCUT2D eigenvalue weighted by Gasteiger charge is 2.40. The van der Waals surface area contributed by atoms with E-state index in [4.69, 9.17) is 4.74 Å². The van der Waals surface area contributed by atoms with Crippen LogP contribution in [0.1, 0.15) is 38.3 Å². The first-order valence-corrected chi connectivity index (χ1v) is 8.64. The summed E-state index contributed by atoms with van der Waals surface area (Å²) in [4.78, 5) is 13.2. The van der Waals surface area contributed by atoms with Crippen molar-refractivity contribution in [1.29, 1.82) is 0 Å². The average Bonchev–Trinajstić information content (AvgIpc) is 2.77. The Kier molecular flexibility index (Phi) is 6.39. The standard InChI is InChI=1S/C18H25F3N2O4/c1-17(2,3)27-16(26)22-13-10-14(24)23(15(13)25)8-7-11-5-4-6-12(9-11)18(19,20)21/h4-6,9,13-15,24-25H,7-8,10H2,1-3H3,(H,22,26). The summed E-state index contributed by atoms with van der Waals surface area (Å²) in [5, 5.41) is 23.0. The maximum absolute atomic E-state index is 12.8. The van der Waals surface area contributed by atoms with Crippen molar-refractivity contribution in [2.45, 2.75) is 63.9 Å². The zero-order valence-electron chi connectivity index (χ0n) is 15.5. The first-order chi connectivity index (χ1) is 12.4. The maximum Gasteiger partial charge on any atom is 0.416 e. The Morgan fingerprint density at radius 3 is 2.56 bits per heavy atom. The second-order valence-corrected chi connectivity index (χ2v) is 7.57. The van der Waals surface area contributed by atoms with Crippen LogP contribution in [-0.4, -0.2) is 51.8 Å². The summed E-state index contributed by atoms with van der Waals surface area (Å²) < 4.78 is 43.5. The van der Waals surface area contributed by atoms with Gasteiger partial charge in [-0.1, -0.05) is 18.2 Å². The van der Waals surface area contributed by atoms with Crippen LogP contribution in [-0.2, 0) is 17.3 Å². The summed E-state index contributed by atoms with van der Waals surface area (Å²) >= 11 is 0. The molecule has 0 saturated carbocycles. The van der Waals surface area contributed by atoms with Gasteiger partial charge in [0.05, 0.1) is 11.6 Å². The first kappa shape index (κ1) is 21.5. The van der Waals surface area contributed by atoms with Crippen molar-refractivity contribution in [3.05, 3.63) is 35.4 Å². The Hall–Kier alpha value is -1.84. The Labute approximate surface area is 155 Å². The Balaban J connectivity index is 1.95. The molecule has 3 unspecified atom stereocenters. The van der Waals surface area contributed by atoms with Crippen molar-refractivity contribution in [1.82, 2.24) is 10.2 Å². The number of halogens is 3. The summed E-state index contributed by atoms with van der Waals surface area (Å²) in [7, 11) is 0. The molecule has 1 aromatic carbocycles. The molecule has 0 bridgehead atoms. The lowest BCUT2D eigenvalue weighted by atomic mass is 10.1. The van der Waals surface area contributed by atoms with E-state index in [0.29, 0.717) is 5.56 Å². The number of aliphatic hydroxyl groups excluding tert-OH is 2. The monoisotopic (exact) mass is 390 g/mol. The lowest BCUT2D eigenvalue weighted by molar-refractivity contribution is -0.137. The summed E-state index contributed by atoms with van der Waals surface area (Å²) in [5.74, 6) is 0. The van der Waals surface area contributed by atoms with Crippen LogP contribution in [0.4, 0.5) is 18.0 Å². The number of alkyl carbamates (subject to hydrolysis) is 1. The quantitative estimate of drug-likeness (QED) is 0.736. The topological polar surface area (TPSA) is 82.0 Å². The van der Waals surface area contributed by atoms with Crippen LogP contribution >= 0.6 is 0 Å². The van der Waals surface area contributed by atoms with Crippen molar-refractivity contribution in [3.8, 4) is 0 Å². The van der Waals surface area contributed by atoms with E-state index in [9.17, 15) is 28.2 Å². The minimum atomic E-state index is -4.43. The van der Waals surface area contributed by atoms with Crippen LogP contribution in [0, 0.1) is 0 Å². The van der Waals surface area contributed by atoms with Gasteiger partial charge in [-0.25, -0.2) is 4.79 Å². The van der Waals surface area contributed by atoms with Gasteiger partial charge in [-0.05, 0) is 38.8 Å². The Bertz CT molecular complexity index is 661. The number of amides is 1. The van der Waals surface area contributed by atoms with Gasteiger partial charge in [-0.15, -0.1) is 0 Å². The minimum absolute atomic E-state index is 0.0863. The number of carbonyl (C=O) groups excluding carboxylic acids is 1. The van der Waals surface area contributed by atoms with Gasteiger partial charge in [0.2, 0.25) is 0 Å². The number of likely N-dealkylation sites (tertiary alicyclic amines) is 1. The van der Waals surface area contributed by atoms with E-state index in [-0.39, 0.29) is 19.4 Å². The molecular formula is C18H25F3N2O4. The average molecular weight is 390 g/mol. The third-order valence-electron chi connectivity index (χ3n) is 4.16. The Morgan fingerprint density at radius 2 is 1.96 bits per heavy atom. The van der Waals surface area contributed by atoms with E-state index in [2.05, 4.69) is 5.32 Å². The zero-order valence-corrected chi connectivity index (χ0v) is 15.5. The van der Waals surface area contributed by atoms with Crippen LogP contribution in [0.3, 0.4) is 0 Å². The van der Waals surface area contributed by atoms with Gasteiger partial charge in [-0.3, -0.25) is 4.90 Å². The molecule has 0 spiro atoms. The number of hydrogen-bond donors (Lipinski definition) is 3. The van der Waals surface area contributed by atoms with Crippen molar-refractivity contribution in [3.63, 3.8) is 0 Å². The molecule has 1 amide bonds. The van der Waals surface area contributed by atoms with Gasteiger partial charge in [0, 0.05) is 13.0 Å². The highest BCUT2D eigenvalue weighted by atomic mass is 19.4. The molecule has 6 nitrogen and oxygen atoms in total. The number of carbonyl (C=O) groups is 1. The predicted octanol–water partition coefficient (Wildman–Crippen LogP) is 2.48. The van der Waals surface area contributed by atoms with Crippen LogP contribution < -0.4 is 5.32 Å². The highest BCUT2D eigenvalue weighted by molar-refractivity contribution is 5.68. The van der Waals surface area contributed by atoms with Gasteiger partial charge in [0.15, 0.2) is 0 Å². The number of hydrogen-bond acceptors (Lipinski definition) is 5. The fraction of sp³-hybridized carbons (Fsp3) is 0.611. The van der Waals surface area contributed by atoms with E-state index < -0.39 is 41.9 Å². The molecule has 1 aliphatic rings. The molecule has 1 aliphatic heterocycles. The zero-order chi connectivity index (χ0) is 20.4. The van der Waals surface area contributed by atoms with Crippen molar-refractivity contribution in [2.24, 2.45) is 0 Å². The molecule has 0 aromatic heterocycles. The molecule has 1 heterocycles. The third-order valence-corrected chi connectivity index (χ3v) is 4.16. The van der Waals surface area contributed by atoms with Crippen molar-refractivity contribution in [2.75, 3.05) is 6.54 Å².